The first-order valence-corrected chi connectivity index (χ1v) is 6.82. The number of nitrogens with zero attached hydrogens (tertiary/aromatic N) is 3. The molecule has 6 heteroatoms. The Morgan fingerprint density at radius 1 is 1.30 bits per heavy atom. The number of nitrogens with one attached hydrogen (secondary N) is 1. The first-order chi connectivity index (χ1) is 9.39. The van der Waals surface area contributed by atoms with Crippen LogP contribution in [0.5, 0.6) is 5.88 Å². The number of anilines is 1. The minimum Gasteiger partial charge on any atom is -0.476 e. The molecule has 0 bridgehead atoms. The Morgan fingerprint density at radius 2 is 2.00 bits per heavy atom. The number of aromatic nitrogens is 2. The molecule has 0 spiro atoms. The molecule has 0 aliphatic heterocycles. The van der Waals surface area contributed by atoms with Crippen LogP contribution in [-0.2, 0) is 11.3 Å². The molecule has 0 atom stereocenters. The maximum atomic E-state index is 5.81. The smallest absolute Gasteiger partial charge is 0.218 e. The molecule has 1 rings (SSSR count). The van der Waals surface area contributed by atoms with Gasteiger partial charge in [0.05, 0.1) is 0 Å². The third-order valence-electron chi connectivity index (χ3n) is 3.22. The molecule has 0 amide bonds. The van der Waals surface area contributed by atoms with Crippen molar-refractivity contribution in [2.24, 2.45) is 0 Å². The van der Waals surface area contributed by atoms with Crippen LogP contribution in [0.15, 0.2) is 6.07 Å². The summed E-state index contributed by atoms with van der Waals surface area (Å²) in [5, 5.41) is 3.01. The molecule has 6 nitrogen and oxygen atoms in total. The van der Waals surface area contributed by atoms with Crippen molar-refractivity contribution in [1.82, 2.24) is 14.9 Å². The average molecular weight is 282 g/mol. The lowest BCUT2D eigenvalue weighted by Gasteiger charge is -2.31. The Hall–Kier alpha value is -1.40. The van der Waals surface area contributed by atoms with Crippen molar-refractivity contribution >= 4 is 5.82 Å². The van der Waals surface area contributed by atoms with Gasteiger partial charge >= 0.3 is 0 Å². The molecule has 1 heterocycles. The first-order valence-electron chi connectivity index (χ1n) is 6.82. The fraction of sp³-hybridized carbons (Fsp3) is 0.714. The van der Waals surface area contributed by atoms with E-state index in [1.54, 1.807) is 6.07 Å². The highest BCUT2D eigenvalue weighted by atomic mass is 16.5. The molecule has 114 valence electrons. The van der Waals surface area contributed by atoms with Gasteiger partial charge in [0.2, 0.25) is 5.88 Å². The summed E-state index contributed by atoms with van der Waals surface area (Å²) in [5.41, 5.74) is -0.0646. The Kier molecular flexibility index (Phi) is 6.16. The van der Waals surface area contributed by atoms with Gasteiger partial charge in [-0.1, -0.05) is 0 Å². The van der Waals surface area contributed by atoms with Crippen LogP contribution in [0.4, 0.5) is 5.82 Å². The van der Waals surface area contributed by atoms with Gasteiger partial charge in [-0.2, -0.15) is 4.98 Å². The Bertz CT molecular complexity index is 422. The average Bonchev–Trinajstić information content (AvgIpc) is 2.42. The summed E-state index contributed by atoms with van der Waals surface area (Å²) in [6.07, 6.45) is 0. The minimum absolute atomic E-state index is 0.0646. The van der Waals surface area contributed by atoms with E-state index in [4.69, 9.17) is 9.47 Å². The van der Waals surface area contributed by atoms with Gasteiger partial charge in [-0.3, -0.25) is 0 Å². The van der Waals surface area contributed by atoms with Crippen LogP contribution < -0.4 is 10.1 Å². The lowest BCUT2D eigenvalue weighted by molar-refractivity contribution is 0.108. The van der Waals surface area contributed by atoms with Crippen molar-refractivity contribution < 1.29 is 9.47 Å². The van der Waals surface area contributed by atoms with E-state index in [1.807, 2.05) is 28.1 Å². The van der Waals surface area contributed by atoms with E-state index in [9.17, 15) is 0 Å². The SMILES string of the molecule is CCOCc1nc(NC)cc(OCC(C)(C)N(C)C)n1. The van der Waals surface area contributed by atoms with Crippen molar-refractivity contribution in [2.45, 2.75) is 32.9 Å². The number of hydrogen-bond acceptors (Lipinski definition) is 6. The van der Waals surface area contributed by atoms with E-state index in [-0.39, 0.29) is 5.54 Å². The largest absolute Gasteiger partial charge is 0.476 e. The quantitative estimate of drug-likeness (QED) is 0.784. The molecule has 0 aliphatic carbocycles. The standard InChI is InChI=1S/C14H26N4O2/c1-7-19-9-12-16-11(15-4)8-13(17-12)20-10-14(2,3)18(5)6/h8H,7,9-10H2,1-6H3,(H,15,16,17). The highest BCUT2D eigenvalue weighted by Gasteiger charge is 2.21. The summed E-state index contributed by atoms with van der Waals surface area (Å²) in [6.45, 7) is 7.76. The van der Waals surface area contributed by atoms with Gasteiger partial charge in [-0.25, -0.2) is 4.98 Å². The fourth-order valence-corrected chi connectivity index (χ4v) is 1.31. The molecule has 0 saturated carbocycles. The van der Waals surface area contributed by atoms with Gasteiger partial charge in [-0.05, 0) is 34.9 Å². The van der Waals surface area contributed by atoms with Crippen molar-refractivity contribution in [3.63, 3.8) is 0 Å². The van der Waals surface area contributed by atoms with E-state index >= 15 is 0 Å². The minimum atomic E-state index is -0.0646. The summed E-state index contributed by atoms with van der Waals surface area (Å²) in [4.78, 5) is 10.8. The van der Waals surface area contributed by atoms with Crippen LogP contribution in [0, 0.1) is 0 Å². The molecule has 0 fully saturated rings. The van der Waals surface area contributed by atoms with Crippen LogP contribution in [-0.4, -0.2) is 54.8 Å². The van der Waals surface area contributed by atoms with Crippen LogP contribution in [0.1, 0.15) is 26.6 Å². The molecule has 0 aromatic carbocycles. The highest BCUT2D eigenvalue weighted by molar-refractivity contribution is 5.37. The van der Waals surface area contributed by atoms with Crippen molar-refractivity contribution in [3.05, 3.63) is 11.9 Å². The second-order valence-electron chi connectivity index (χ2n) is 5.39. The highest BCUT2D eigenvalue weighted by Crippen LogP contribution is 2.17. The van der Waals surface area contributed by atoms with Crippen LogP contribution in [0.2, 0.25) is 0 Å². The normalized spacial score (nSPS) is 11.8. The molecule has 20 heavy (non-hydrogen) atoms. The van der Waals surface area contributed by atoms with Crippen LogP contribution >= 0.6 is 0 Å². The second kappa shape index (κ2) is 7.40. The molecule has 0 radical (unpaired) electrons. The van der Waals surface area contributed by atoms with E-state index in [0.717, 1.165) is 5.82 Å². The number of likely N-dealkylation sites (N-methyl/N-ethyl adjacent to an activating group) is 1. The third kappa shape index (κ3) is 4.94. The lowest BCUT2D eigenvalue weighted by Crippen LogP contribution is -2.43. The summed E-state index contributed by atoms with van der Waals surface area (Å²) in [5.74, 6) is 1.91. The Balaban J connectivity index is 2.78. The Morgan fingerprint density at radius 3 is 2.55 bits per heavy atom. The third-order valence-corrected chi connectivity index (χ3v) is 3.22. The van der Waals surface area contributed by atoms with Crippen molar-refractivity contribution in [1.29, 1.82) is 0 Å². The van der Waals surface area contributed by atoms with E-state index in [2.05, 4.69) is 34.0 Å². The monoisotopic (exact) mass is 282 g/mol. The van der Waals surface area contributed by atoms with Gasteiger partial charge < -0.3 is 19.7 Å². The molecule has 0 unspecified atom stereocenters. The maximum absolute atomic E-state index is 5.81. The summed E-state index contributed by atoms with van der Waals surface area (Å²) < 4.78 is 11.1. The lowest BCUT2D eigenvalue weighted by atomic mass is 10.1. The van der Waals surface area contributed by atoms with E-state index in [0.29, 0.717) is 31.5 Å². The Labute approximate surface area is 121 Å². The summed E-state index contributed by atoms with van der Waals surface area (Å²) in [6, 6.07) is 1.79. The first kappa shape index (κ1) is 16.7. The van der Waals surface area contributed by atoms with Gasteiger partial charge in [0.1, 0.15) is 19.0 Å². The number of ether oxygens (including phenoxy) is 2. The molecular weight excluding hydrogens is 256 g/mol. The van der Waals surface area contributed by atoms with E-state index in [1.165, 1.54) is 0 Å². The zero-order valence-electron chi connectivity index (χ0n) is 13.4. The molecule has 1 aromatic heterocycles. The summed E-state index contributed by atoms with van der Waals surface area (Å²) >= 11 is 0. The second-order valence-corrected chi connectivity index (χ2v) is 5.39. The fourth-order valence-electron chi connectivity index (χ4n) is 1.31. The predicted octanol–water partition coefficient (Wildman–Crippen LogP) is 1.77. The molecule has 1 aromatic rings. The van der Waals surface area contributed by atoms with Crippen LogP contribution in [0.25, 0.3) is 0 Å². The maximum Gasteiger partial charge on any atom is 0.218 e. The van der Waals surface area contributed by atoms with Gasteiger partial charge in [0.25, 0.3) is 0 Å². The number of hydrogen-bond donors (Lipinski definition) is 1. The topological polar surface area (TPSA) is 59.5 Å². The van der Waals surface area contributed by atoms with Gasteiger partial charge in [0, 0.05) is 25.3 Å². The predicted molar refractivity (Wildman–Crippen MR) is 80.2 cm³/mol. The van der Waals surface area contributed by atoms with E-state index < -0.39 is 0 Å². The molecule has 0 saturated heterocycles. The zero-order chi connectivity index (χ0) is 15.2. The molecular formula is C14H26N4O2. The molecule has 1 N–H and O–H groups in total. The van der Waals surface area contributed by atoms with Gasteiger partial charge in [-0.15, -0.1) is 0 Å². The number of rotatable bonds is 8. The van der Waals surface area contributed by atoms with Crippen molar-refractivity contribution in [3.8, 4) is 5.88 Å². The molecule has 0 aliphatic rings. The zero-order valence-corrected chi connectivity index (χ0v) is 13.4. The van der Waals surface area contributed by atoms with Crippen molar-refractivity contribution in [2.75, 3.05) is 39.7 Å². The van der Waals surface area contributed by atoms with Crippen LogP contribution in [0.3, 0.4) is 0 Å². The van der Waals surface area contributed by atoms with Gasteiger partial charge in [0.15, 0.2) is 5.82 Å². The summed E-state index contributed by atoms with van der Waals surface area (Å²) in [7, 11) is 5.88.